The van der Waals surface area contributed by atoms with Crippen LogP contribution in [0.4, 0.5) is 4.39 Å². The smallest absolute Gasteiger partial charge is 0.123 e. The maximum Gasteiger partial charge on any atom is 0.123 e. The Hall–Kier alpha value is -0.890. The number of rotatable bonds is 7. The largest absolute Gasteiger partial charge is 0.316 e. The Morgan fingerprint density at radius 2 is 1.82 bits per heavy atom. The van der Waals surface area contributed by atoms with Gasteiger partial charge >= 0.3 is 0 Å². The summed E-state index contributed by atoms with van der Waals surface area (Å²) >= 11 is 0. The van der Waals surface area contributed by atoms with E-state index in [1.54, 1.807) is 12.1 Å². The molecule has 2 unspecified atom stereocenters. The Bertz CT molecular complexity index is 307. The number of halogens is 1. The Kier molecular flexibility index (Phi) is 6.20. The van der Waals surface area contributed by atoms with E-state index in [0.717, 1.165) is 19.5 Å². The second-order valence-electron chi connectivity index (χ2n) is 4.81. The van der Waals surface area contributed by atoms with Gasteiger partial charge in [-0.1, -0.05) is 39.3 Å². The fourth-order valence-electron chi connectivity index (χ4n) is 2.04. The van der Waals surface area contributed by atoms with E-state index in [9.17, 15) is 4.39 Å². The Morgan fingerprint density at radius 3 is 2.35 bits per heavy atom. The van der Waals surface area contributed by atoms with E-state index in [4.69, 9.17) is 0 Å². The van der Waals surface area contributed by atoms with Gasteiger partial charge in [-0.2, -0.15) is 0 Å². The fraction of sp³-hybridized carbons (Fsp3) is 0.600. The first-order chi connectivity index (χ1) is 8.17. The van der Waals surface area contributed by atoms with Crippen molar-refractivity contribution in [3.8, 4) is 0 Å². The first-order valence-corrected chi connectivity index (χ1v) is 6.63. The summed E-state index contributed by atoms with van der Waals surface area (Å²) in [5.74, 6) is 1.05. The molecule has 17 heavy (non-hydrogen) atoms. The SMILES string of the molecule is CCNCC(CC(C)CC)c1ccc(F)cc1. The van der Waals surface area contributed by atoms with E-state index in [0.29, 0.717) is 11.8 Å². The zero-order chi connectivity index (χ0) is 12.7. The molecule has 1 aromatic carbocycles. The second kappa shape index (κ2) is 7.44. The van der Waals surface area contributed by atoms with Gasteiger partial charge in [0.15, 0.2) is 0 Å². The lowest BCUT2D eigenvalue weighted by Crippen LogP contribution is -2.22. The van der Waals surface area contributed by atoms with Crippen molar-refractivity contribution in [2.75, 3.05) is 13.1 Å². The number of benzene rings is 1. The molecule has 0 aliphatic carbocycles. The summed E-state index contributed by atoms with van der Waals surface area (Å²) in [6, 6.07) is 6.95. The minimum absolute atomic E-state index is 0.153. The standard InChI is InChI=1S/C15H24FN/c1-4-12(3)10-14(11-17-5-2)13-6-8-15(16)9-7-13/h6-9,12,14,17H,4-5,10-11H2,1-3H3. The second-order valence-corrected chi connectivity index (χ2v) is 4.81. The molecule has 96 valence electrons. The van der Waals surface area contributed by atoms with Crippen molar-refractivity contribution in [1.82, 2.24) is 5.32 Å². The van der Waals surface area contributed by atoms with E-state index in [1.807, 2.05) is 12.1 Å². The van der Waals surface area contributed by atoms with Crippen molar-refractivity contribution < 1.29 is 4.39 Å². The van der Waals surface area contributed by atoms with Crippen molar-refractivity contribution >= 4 is 0 Å². The summed E-state index contributed by atoms with van der Waals surface area (Å²) in [6.07, 6.45) is 2.36. The molecule has 0 bridgehead atoms. The van der Waals surface area contributed by atoms with Crippen LogP contribution in [0.15, 0.2) is 24.3 Å². The van der Waals surface area contributed by atoms with Crippen LogP contribution in [0.1, 0.15) is 45.1 Å². The molecule has 1 aromatic rings. The molecular formula is C15H24FN. The van der Waals surface area contributed by atoms with Gasteiger partial charge in [0.05, 0.1) is 0 Å². The van der Waals surface area contributed by atoms with Gasteiger partial charge in [-0.3, -0.25) is 0 Å². The van der Waals surface area contributed by atoms with Crippen molar-refractivity contribution in [3.05, 3.63) is 35.6 Å². The van der Waals surface area contributed by atoms with Gasteiger partial charge in [-0.05, 0) is 42.5 Å². The molecule has 1 nitrogen and oxygen atoms in total. The van der Waals surface area contributed by atoms with Crippen LogP contribution < -0.4 is 5.32 Å². The number of hydrogen-bond donors (Lipinski definition) is 1. The van der Waals surface area contributed by atoms with Crippen molar-refractivity contribution in [1.29, 1.82) is 0 Å². The van der Waals surface area contributed by atoms with Crippen LogP contribution >= 0.6 is 0 Å². The summed E-state index contributed by atoms with van der Waals surface area (Å²) in [7, 11) is 0. The summed E-state index contributed by atoms with van der Waals surface area (Å²) in [5.41, 5.74) is 1.24. The van der Waals surface area contributed by atoms with Crippen LogP contribution in [0.5, 0.6) is 0 Å². The van der Waals surface area contributed by atoms with Gasteiger partial charge in [0.2, 0.25) is 0 Å². The highest BCUT2D eigenvalue weighted by Gasteiger charge is 2.14. The molecule has 0 heterocycles. The lowest BCUT2D eigenvalue weighted by Gasteiger charge is -2.21. The quantitative estimate of drug-likeness (QED) is 0.757. The molecule has 0 aliphatic heterocycles. The minimum atomic E-state index is -0.153. The van der Waals surface area contributed by atoms with Crippen LogP contribution in [-0.4, -0.2) is 13.1 Å². The summed E-state index contributed by atoms with van der Waals surface area (Å²) < 4.78 is 12.9. The first kappa shape index (κ1) is 14.2. The lowest BCUT2D eigenvalue weighted by molar-refractivity contribution is 0.438. The maximum atomic E-state index is 12.9. The molecule has 0 fully saturated rings. The third-order valence-corrected chi connectivity index (χ3v) is 3.37. The molecule has 0 saturated heterocycles. The van der Waals surface area contributed by atoms with Crippen LogP contribution in [0, 0.1) is 11.7 Å². The number of nitrogens with one attached hydrogen (secondary N) is 1. The normalized spacial score (nSPS) is 14.6. The fourth-order valence-corrected chi connectivity index (χ4v) is 2.04. The molecule has 1 rings (SSSR count). The highest BCUT2D eigenvalue weighted by molar-refractivity contribution is 5.21. The van der Waals surface area contributed by atoms with Gasteiger partial charge in [0.25, 0.3) is 0 Å². The Balaban J connectivity index is 2.70. The molecule has 0 aromatic heterocycles. The number of hydrogen-bond acceptors (Lipinski definition) is 1. The van der Waals surface area contributed by atoms with Crippen LogP contribution in [0.2, 0.25) is 0 Å². The molecule has 0 aliphatic rings. The zero-order valence-corrected chi connectivity index (χ0v) is 11.2. The van der Waals surface area contributed by atoms with E-state index in [2.05, 4.69) is 26.1 Å². The van der Waals surface area contributed by atoms with Gasteiger partial charge in [-0.25, -0.2) is 4.39 Å². The van der Waals surface area contributed by atoms with E-state index >= 15 is 0 Å². The highest BCUT2D eigenvalue weighted by Crippen LogP contribution is 2.25. The van der Waals surface area contributed by atoms with Crippen LogP contribution in [0.25, 0.3) is 0 Å². The van der Waals surface area contributed by atoms with E-state index in [-0.39, 0.29) is 5.82 Å². The summed E-state index contributed by atoms with van der Waals surface area (Å²) in [6.45, 7) is 8.58. The van der Waals surface area contributed by atoms with Gasteiger partial charge in [0, 0.05) is 6.54 Å². The van der Waals surface area contributed by atoms with Gasteiger partial charge in [-0.15, -0.1) is 0 Å². The van der Waals surface area contributed by atoms with Crippen molar-refractivity contribution in [2.45, 2.75) is 39.5 Å². The van der Waals surface area contributed by atoms with Gasteiger partial charge < -0.3 is 5.32 Å². The number of likely N-dealkylation sites (N-methyl/N-ethyl adjacent to an activating group) is 1. The minimum Gasteiger partial charge on any atom is -0.316 e. The molecule has 2 heteroatoms. The molecule has 1 N–H and O–H groups in total. The van der Waals surface area contributed by atoms with Gasteiger partial charge in [0.1, 0.15) is 5.82 Å². The zero-order valence-electron chi connectivity index (χ0n) is 11.2. The van der Waals surface area contributed by atoms with E-state index < -0.39 is 0 Å². The molecule has 2 atom stereocenters. The van der Waals surface area contributed by atoms with E-state index in [1.165, 1.54) is 12.0 Å². The third kappa shape index (κ3) is 4.86. The highest BCUT2D eigenvalue weighted by atomic mass is 19.1. The summed E-state index contributed by atoms with van der Waals surface area (Å²) in [4.78, 5) is 0. The Labute approximate surface area is 104 Å². The molecular weight excluding hydrogens is 213 g/mol. The molecule has 0 spiro atoms. The predicted octanol–water partition coefficient (Wildman–Crippen LogP) is 3.96. The first-order valence-electron chi connectivity index (χ1n) is 6.63. The topological polar surface area (TPSA) is 12.0 Å². The Morgan fingerprint density at radius 1 is 1.18 bits per heavy atom. The maximum absolute atomic E-state index is 12.9. The average molecular weight is 237 g/mol. The molecule has 0 amide bonds. The molecule has 0 radical (unpaired) electrons. The predicted molar refractivity (Wildman–Crippen MR) is 71.8 cm³/mol. The lowest BCUT2D eigenvalue weighted by atomic mass is 9.88. The molecule has 0 saturated carbocycles. The van der Waals surface area contributed by atoms with Crippen molar-refractivity contribution in [3.63, 3.8) is 0 Å². The van der Waals surface area contributed by atoms with Crippen molar-refractivity contribution in [2.24, 2.45) is 5.92 Å². The third-order valence-electron chi connectivity index (χ3n) is 3.37. The van der Waals surface area contributed by atoms with Crippen LogP contribution in [-0.2, 0) is 0 Å². The monoisotopic (exact) mass is 237 g/mol. The average Bonchev–Trinajstić information content (AvgIpc) is 2.35. The van der Waals surface area contributed by atoms with Crippen LogP contribution in [0.3, 0.4) is 0 Å². The summed E-state index contributed by atoms with van der Waals surface area (Å²) in [5, 5.41) is 3.40.